The number of aryl methyl sites for hydroxylation is 2. The van der Waals surface area contributed by atoms with Crippen LogP contribution >= 0.6 is 11.6 Å². The summed E-state index contributed by atoms with van der Waals surface area (Å²) in [5.74, 6) is -0.105. The van der Waals surface area contributed by atoms with Crippen molar-refractivity contribution in [3.05, 3.63) is 40.7 Å². The van der Waals surface area contributed by atoms with Crippen LogP contribution in [-0.4, -0.2) is 27.7 Å². The Morgan fingerprint density at radius 2 is 1.92 bits per heavy atom. The Bertz CT molecular complexity index is 974. The van der Waals surface area contributed by atoms with Gasteiger partial charge in [-0.2, -0.15) is 13.4 Å². The van der Waals surface area contributed by atoms with E-state index in [4.69, 9.17) is 21.9 Å². The molecule has 3 rings (SSSR count). The number of nitrogens with zero attached hydrogens (tertiary/aromatic N) is 4. The molecule has 126 valence electrons. The van der Waals surface area contributed by atoms with Gasteiger partial charge in [0.15, 0.2) is 10.7 Å². The fourth-order valence-corrected chi connectivity index (χ4v) is 3.71. The van der Waals surface area contributed by atoms with Gasteiger partial charge in [-0.15, -0.1) is 9.19 Å². The molecular weight excluding hydrogens is 356 g/mol. The van der Waals surface area contributed by atoms with Crippen molar-refractivity contribution in [2.45, 2.75) is 18.7 Å². The number of anilines is 3. The predicted molar refractivity (Wildman–Crippen MR) is 87.7 cm³/mol. The highest BCUT2D eigenvalue weighted by atomic mass is 35.5. The van der Waals surface area contributed by atoms with Gasteiger partial charge in [0.2, 0.25) is 11.9 Å². The van der Waals surface area contributed by atoms with Crippen LogP contribution in [0.25, 0.3) is 0 Å². The van der Waals surface area contributed by atoms with E-state index in [1.54, 1.807) is 24.3 Å². The SMILES string of the molecule is Cc1noc(C)c1S(=O)(=O)n1nc(Nc2ccc(Cl)cc2)nc1N. The first-order valence-corrected chi connectivity index (χ1v) is 8.54. The van der Waals surface area contributed by atoms with E-state index in [1.807, 2.05) is 0 Å². The van der Waals surface area contributed by atoms with E-state index in [1.165, 1.54) is 13.8 Å². The van der Waals surface area contributed by atoms with Crippen LogP contribution in [0.2, 0.25) is 5.02 Å². The van der Waals surface area contributed by atoms with Crippen molar-refractivity contribution in [1.29, 1.82) is 0 Å². The average molecular weight is 369 g/mol. The first-order chi connectivity index (χ1) is 11.3. The number of aromatic nitrogens is 4. The zero-order chi connectivity index (χ0) is 17.5. The molecule has 0 radical (unpaired) electrons. The number of halogens is 1. The molecule has 24 heavy (non-hydrogen) atoms. The number of rotatable bonds is 4. The molecule has 0 amide bonds. The molecule has 1 aromatic carbocycles. The number of nitrogens with two attached hydrogens (primary N) is 1. The van der Waals surface area contributed by atoms with Crippen LogP contribution in [0, 0.1) is 13.8 Å². The lowest BCUT2D eigenvalue weighted by Crippen LogP contribution is -2.18. The number of nitrogens with one attached hydrogen (secondary N) is 1. The van der Waals surface area contributed by atoms with Gasteiger partial charge in [0.05, 0.1) is 0 Å². The highest BCUT2D eigenvalue weighted by Crippen LogP contribution is 2.24. The zero-order valence-corrected chi connectivity index (χ0v) is 14.3. The van der Waals surface area contributed by atoms with Crippen molar-refractivity contribution in [3.8, 4) is 0 Å². The lowest BCUT2D eigenvalue weighted by Gasteiger charge is -2.04. The molecular formula is C13H13ClN6O3S. The van der Waals surface area contributed by atoms with E-state index >= 15 is 0 Å². The molecule has 3 aromatic rings. The molecule has 0 fully saturated rings. The molecule has 0 saturated carbocycles. The van der Waals surface area contributed by atoms with Crippen LogP contribution in [0.1, 0.15) is 11.5 Å². The van der Waals surface area contributed by atoms with Crippen LogP contribution in [0.4, 0.5) is 17.6 Å². The maximum atomic E-state index is 12.7. The van der Waals surface area contributed by atoms with Crippen LogP contribution < -0.4 is 11.1 Å². The Morgan fingerprint density at radius 1 is 1.25 bits per heavy atom. The summed E-state index contributed by atoms with van der Waals surface area (Å²) < 4.78 is 30.9. The minimum absolute atomic E-state index is 0.0326. The number of hydrogen-bond acceptors (Lipinski definition) is 8. The molecule has 2 heterocycles. The summed E-state index contributed by atoms with van der Waals surface area (Å²) in [4.78, 5) is 3.83. The van der Waals surface area contributed by atoms with Crippen molar-refractivity contribution in [3.63, 3.8) is 0 Å². The molecule has 2 aromatic heterocycles. The molecule has 0 bridgehead atoms. The zero-order valence-electron chi connectivity index (χ0n) is 12.7. The maximum Gasteiger partial charge on any atom is 0.291 e. The Balaban J connectivity index is 1.98. The topological polar surface area (TPSA) is 129 Å². The predicted octanol–water partition coefficient (Wildman–Crippen LogP) is 2.10. The molecule has 0 unspecified atom stereocenters. The van der Waals surface area contributed by atoms with Crippen molar-refractivity contribution >= 4 is 39.2 Å². The maximum absolute atomic E-state index is 12.7. The first kappa shape index (κ1) is 16.3. The largest absolute Gasteiger partial charge is 0.367 e. The quantitative estimate of drug-likeness (QED) is 0.716. The Hall–Kier alpha value is -2.59. The second kappa shape index (κ2) is 5.80. The average Bonchev–Trinajstić information content (AvgIpc) is 3.05. The van der Waals surface area contributed by atoms with Crippen LogP contribution in [0.5, 0.6) is 0 Å². The minimum atomic E-state index is -4.07. The Labute approximate surface area is 142 Å². The van der Waals surface area contributed by atoms with Crippen molar-refractivity contribution in [2.75, 3.05) is 11.1 Å². The summed E-state index contributed by atoms with van der Waals surface area (Å²) in [6.07, 6.45) is 0. The standard InChI is InChI=1S/C13H13ClN6O3S/c1-7-11(8(2)23-19-7)24(21,22)20-12(15)17-13(18-20)16-10-5-3-9(14)4-6-10/h3-6H,1-2H3,(H3,15,16,17,18). The highest BCUT2D eigenvalue weighted by Gasteiger charge is 2.29. The molecule has 11 heteroatoms. The van der Waals surface area contributed by atoms with Gasteiger partial charge in [-0.25, -0.2) is 0 Å². The van der Waals surface area contributed by atoms with Crippen molar-refractivity contribution in [2.24, 2.45) is 0 Å². The summed E-state index contributed by atoms with van der Waals surface area (Å²) in [5, 5.41) is 11.0. The summed E-state index contributed by atoms with van der Waals surface area (Å²) in [6, 6.07) is 6.74. The van der Waals surface area contributed by atoms with E-state index in [9.17, 15) is 8.42 Å². The van der Waals surface area contributed by atoms with Gasteiger partial charge in [-0.3, -0.25) is 0 Å². The minimum Gasteiger partial charge on any atom is -0.367 e. The van der Waals surface area contributed by atoms with E-state index in [0.717, 1.165) is 0 Å². The molecule has 0 aliphatic heterocycles. The van der Waals surface area contributed by atoms with Crippen LogP contribution in [-0.2, 0) is 10.0 Å². The molecule has 0 atom stereocenters. The first-order valence-electron chi connectivity index (χ1n) is 6.72. The third kappa shape index (κ3) is 2.81. The van der Waals surface area contributed by atoms with E-state index in [2.05, 4.69) is 20.6 Å². The van der Waals surface area contributed by atoms with Gasteiger partial charge in [0, 0.05) is 10.7 Å². The third-order valence-electron chi connectivity index (χ3n) is 3.16. The normalized spacial score (nSPS) is 11.6. The summed E-state index contributed by atoms with van der Waals surface area (Å²) in [5.41, 5.74) is 6.56. The van der Waals surface area contributed by atoms with E-state index in [-0.39, 0.29) is 28.2 Å². The van der Waals surface area contributed by atoms with Gasteiger partial charge >= 0.3 is 0 Å². The second-order valence-electron chi connectivity index (χ2n) is 4.93. The highest BCUT2D eigenvalue weighted by molar-refractivity contribution is 7.90. The van der Waals surface area contributed by atoms with E-state index < -0.39 is 10.0 Å². The number of benzene rings is 1. The molecule has 0 aliphatic rings. The Kier molecular flexibility index (Phi) is 3.93. The second-order valence-corrected chi connectivity index (χ2v) is 7.07. The number of hydrogen-bond donors (Lipinski definition) is 2. The molecule has 0 aliphatic carbocycles. The van der Waals surface area contributed by atoms with Gasteiger partial charge in [-0.05, 0) is 38.1 Å². The lowest BCUT2D eigenvalue weighted by molar-refractivity contribution is 0.390. The summed E-state index contributed by atoms with van der Waals surface area (Å²) in [7, 11) is -4.07. The monoisotopic (exact) mass is 368 g/mol. The lowest BCUT2D eigenvalue weighted by atomic mass is 10.3. The Morgan fingerprint density at radius 3 is 2.50 bits per heavy atom. The molecule has 0 spiro atoms. The van der Waals surface area contributed by atoms with Gasteiger partial charge in [0.25, 0.3) is 10.0 Å². The third-order valence-corrected chi connectivity index (χ3v) is 5.23. The van der Waals surface area contributed by atoms with Crippen molar-refractivity contribution < 1.29 is 12.9 Å². The fraction of sp³-hybridized carbons (Fsp3) is 0.154. The summed E-state index contributed by atoms with van der Waals surface area (Å²) in [6.45, 7) is 3.01. The van der Waals surface area contributed by atoms with Gasteiger partial charge in [0.1, 0.15) is 5.69 Å². The number of nitrogen functional groups attached to an aromatic ring is 1. The molecule has 0 saturated heterocycles. The van der Waals surface area contributed by atoms with Crippen molar-refractivity contribution in [1.82, 2.24) is 19.3 Å². The molecule has 9 nitrogen and oxygen atoms in total. The fourth-order valence-electron chi connectivity index (χ4n) is 2.13. The van der Waals surface area contributed by atoms with Gasteiger partial charge in [-0.1, -0.05) is 16.8 Å². The molecule has 3 N–H and O–H groups in total. The van der Waals surface area contributed by atoms with Crippen LogP contribution in [0.3, 0.4) is 0 Å². The summed E-state index contributed by atoms with van der Waals surface area (Å²) >= 11 is 5.81. The smallest absolute Gasteiger partial charge is 0.291 e. The van der Waals surface area contributed by atoms with Gasteiger partial charge < -0.3 is 15.6 Å². The van der Waals surface area contributed by atoms with Crippen LogP contribution in [0.15, 0.2) is 33.7 Å². The van der Waals surface area contributed by atoms with E-state index in [0.29, 0.717) is 14.8 Å².